The van der Waals surface area contributed by atoms with Crippen LogP contribution in [0, 0.1) is 0 Å². The topological polar surface area (TPSA) is 102 Å². The van der Waals surface area contributed by atoms with Gasteiger partial charge in [0.2, 0.25) is 5.88 Å². The van der Waals surface area contributed by atoms with Crippen molar-refractivity contribution < 1.29 is 17.9 Å². The second-order valence-corrected chi connectivity index (χ2v) is 10.5. The van der Waals surface area contributed by atoms with Gasteiger partial charge >= 0.3 is 6.18 Å². The van der Waals surface area contributed by atoms with E-state index < -0.39 is 11.9 Å². The van der Waals surface area contributed by atoms with E-state index in [0.29, 0.717) is 40.2 Å². The number of aromatic nitrogens is 4. The summed E-state index contributed by atoms with van der Waals surface area (Å²) < 4.78 is 47.5. The van der Waals surface area contributed by atoms with E-state index in [1.807, 2.05) is 12.1 Å². The molecule has 0 saturated carbocycles. The van der Waals surface area contributed by atoms with Crippen LogP contribution in [0.1, 0.15) is 38.8 Å². The molecule has 4 heterocycles. The van der Waals surface area contributed by atoms with Crippen molar-refractivity contribution in [3.8, 4) is 22.9 Å². The highest BCUT2D eigenvalue weighted by Gasteiger charge is 2.33. The minimum absolute atomic E-state index is 0.119. The average Bonchev–Trinajstić information content (AvgIpc) is 3.28. The van der Waals surface area contributed by atoms with Crippen molar-refractivity contribution in [3.63, 3.8) is 0 Å². The Hall–Kier alpha value is -3.51. The third-order valence-electron chi connectivity index (χ3n) is 6.56. The number of halogens is 3. The highest BCUT2D eigenvalue weighted by atomic mass is 32.1. The van der Waals surface area contributed by atoms with Crippen molar-refractivity contribution in [2.24, 2.45) is 0 Å². The number of ether oxygens (including phenoxy) is 1. The predicted octanol–water partition coefficient (Wildman–Crippen LogP) is 6.22. The predicted molar refractivity (Wildman–Crippen MR) is 142 cm³/mol. The van der Waals surface area contributed by atoms with Crippen LogP contribution in [0.3, 0.4) is 0 Å². The quantitative estimate of drug-likeness (QED) is 0.283. The number of pyridine rings is 1. The molecule has 0 aliphatic carbocycles. The highest BCUT2D eigenvalue weighted by Crippen LogP contribution is 2.36. The number of nitrogen functional groups attached to an aromatic ring is 1. The zero-order chi connectivity index (χ0) is 26.9. The number of rotatable bonds is 7. The number of nitrogens with two attached hydrogens (primary N) is 1. The molecule has 0 amide bonds. The van der Waals surface area contributed by atoms with Crippen molar-refractivity contribution in [2.45, 2.75) is 51.4 Å². The maximum absolute atomic E-state index is 13.5. The second-order valence-electron chi connectivity index (χ2n) is 9.45. The van der Waals surface area contributed by atoms with Crippen LogP contribution in [0.15, 0.2) is 42.7 Å². The van der Waals surface area contributed by atoms with Crippen LogP contribution >= 0.6 is 11.3 Å². The summed E-state index contributed by atoms with van der Waals surface area (Å²) in [5.74, 6) is 0.807. The van der Waals surface area contributed by atoms with Gasteiger partial charge in [0.1, 0.15) is 23.4 Å². The number of nitrogens with one attached hydrogen (secondary N) is 1. The Balaban J connectivity index is 1.45. The lowest BCUT2D eigenvalue weighted by Gasteiger charge is -2.38. The molecule has 1 aliphatic rings. The number of likely N-dealkylation sites (tertiary alicyclic amines) is 1. The second kappa shape index (κ2) is 10.7. The Labute approximate surface area is 222 Å². The van der Waals surface area contributed by atoms with E-state index in [-0.39, 0.29) is 17.7 Å². The molecule has 3 N–H and O–H groups in total. The number of thiazole rings is 1. The molecule has 1 atom stereocenters. The van der Waals surface area contributed by atoms with E-state index in [0.717, 1.165) is 36.6 Å². The van der Waals surface area contributed by atoms with Crippen LogP contribution in [0.5, 0.6) is 11.6 Å². The largest absolute Gasteiger partial charge is 0.437 e. The lowest BCUT2D eigenvalue weighted by molar-refractivity contribution is -0.141. The number of nitrogens with zero attached hydrogens (tertiary/aromatic N) is 5. The SMILES string of the molecule is CC(C)N1CCCC[C@@H]1CNc1nc(C(F)(F)F)ccc1-c1cc(Oc2cccc3sc(N)nc23)ncn1. The molecule has 5 rings (SSSR count). The zero-order valence-electron chi connectivity index (χ0n) is 21.0. The fourth-order valence-corrected chi connectivity index (χ4v) is 5.52. The standard InChI is InChI=1S/C26H28F3N7OS/c1-15(2)36-11-4-3-6-16(36)13-31-24-17(9-10-21(34-24)26(27,28)29)18-12-22(33-14-32-18)37-19-7-5-8-20-23(19)35-25(30)38-20/h5,7-10,12,14-16H,3-4,6,11,13H2,1-2H3,(H2,30,35)(H,31,34)/t16-/m1/s1. The van der Waals surface area contributed by atoms with Gasteiger partial charge in [-0.2, -0.15) is 13.2 Å². The third kappa shape index (κ3) is 5.65. The van der Waals surface area contributed by atoms with Crippen molar-refractivity contribution in [1.29, 1.82) is 0 Å². The van der Waals surface area contributed by atoms with Crippen LogP contribution in [0.25, 0.3) is 21.5 Å². The van der Waals surface area contributed by atoms with E-state index in [9.17, 15) is 13.2 Å². The summed E-state index contributed by atoms with van der Waals surface area (Å²) in [5.41, 5.74) is 6.30. The molecule has 0 bridgehead atoms. The van der Waals surface area contributed by atoms with Crippen LogP contribution in [0.2, 0.25) is 0 Å². The molecule has 3 aromatic heterocycles. The number of piperidine rings is 1. The molecule has 12 heteroatoms. The molecule has 0 unspecified atom stereocenters. The van der Waals surface area contributed by atoms with Gasteiger partial charge in [0, 0.05) is 30.3 Å². The number of hydrogen-bond acceptors (Lipinski definition) is 9. The van der Waals surface area contributed by atoms with Gasteiger partial charge < -0.3 is 15.8 Å². The van der Waals surface area contributed by atoms with Crippen molar-refractivity contribution >= 4 is 32.5 Å². The number of anilines is 2. The Kier molecular flexibility index (Phi) is 7.35. The van der Waals surface area contributed by atoms with Gasteiger partial charge in [0.05, 0.1) is 10.4 Å². The smallest absolute Gasteiger partial charge is 0.433 e. The summed E-state index contributed by atoms with van der Waals surface area (Å²) in [7, 11) is 0. The fraction of sp³-hybridized carbons (Fsp3) is 0.385. The Morgan fingerprint density at radius 1 is 1.16 bits per heavy atom. The van der Waals surface area contributed by atoms with Crippen LogP contribution in [-0.4, -0.2) is 50.0 Å². The van der Waals surface area contributed by atoms with Crippen LogP contribution < -0.4 is 15.8 Å². The van der Waals surface area contributed by atoms with Crippen LogP contribution in [-0.2, 0) is 6.18 Å². The van der Waals surface area contributed by atoms with Gasteiger partial charge in [-0.3, -0.25) is 4.90 Å². The Morgan fingerprint density at radius 2 is 2.00 bits per heavy atom. The lowest BCUT2D eigenvalue weighted by atomic mass is 10.00. The first-order valence-corrected chi connectivity index (χ1v) is 13.2. The molecule has 38 heavy (non-hydrogen) atoms. The monoisotopic (exact) mass is 543 g/mol. The summed E-state index contributed by atoms with van der Waals surface area (Å²) in [4.78, 5) is 19.2. The molecule has 200 valence electrons. The maximum Gasteiger partial charge on any atom is 0.433 e. The van der Waals surface area contributed by atoms with Gasteiger partial charge in [0.15, 0.2) is 10.9 Å². The summed E-state index contributed by atoms with van der Waals surface area (Å²) in [5, 5.41) is 3.62. The van der Waals surface area contributed by atoms with Gasteiger partial charge in [-0.15, -0.1) is 0 Å². The molecule has 1 fully saturated rings. The van der Waals surface area contributed by atoms with Gasteiger partial charge in [-0.1, -0.05) is 23.8 Å². The molecule has 1 saturated heterocycles. The van der Waals surface area contributed by atoms with Crippen molar-refractivity contribution in [1.82, 2.24) is 24.8 Å². The maximum atomic E-state index is 13.5. The zero-order valence-corrected chi connectivity index (χ0v) is 21.8. The highest BCUT2D eigenvalue weighted by molar-refractivity contribution is 7.22. The molecular formula is C26H28F3N7OS. The first-order valence-electron chi connectivity index (χ1n) is 12.4. The molecule has 1 aliphatic heterocycles. The Bertz CT molecular complexity index is 1430. The molecule has 8 nitrogen and oxygen atoms in total. The Morgan fingerprint density at radius 3 is 2.79 bits per heavy atom. The van der Waals surface area contributed by atoms with Gasteiger partial charge in [-0.25, -0.2) is 19.9 Å². The number of alkyl halides is 3. The number of para-hydroxylation sites is 1. The van der Waals surface area contributed by atoms with E-state index >= 15 is 0 Å². The molecular weight excluding hydrogens is 515 g/mol. The van der Waals surface area contributed by atoms with Gasteiger partial charge in [0.25, 0.3) is 0 Å². The van der Waals surface area contributed by atoms with E-state index in [2.05, 4.69) is 44.0 Å². The lowest BCUT2D eigenvalue weighted by Crippen LogP contribution is -2.47. The van der Waals surface area contributed by atoms with Gasteiger partial charge in [-0.05, 0) is 57.5 Å². The summed E-state index contributed by atoms with van der Waals surface area (Å²) >= 11 is 1.34. The number of benzene rings is 1. The van der Waals surface area contributed by atoms with E-state index in [1.54, 1.807) is 12.1 Å². The average molecular weight is 544 g/mol. The van der Waals surface area contributed by atoms with Crippen molar-refractivity contribution in [3.05, 3.63) is 48.4 Å². The fourth-order valence-electron chi connectivity index (χ4n) is 4.77. The number of hydrogen-bond donors (Lipinski definition) is 2. The minimum Gasteiger partial charge on any atom is -0.437 e. The first kappa shape index (κ1) is 26.1. The third-order valence-corrected chi connectivity index (χ3v) is 7.41. The molecule has 1 aromatic carbocycles. The van der Waals surface area contributed by atoms with E-state index in [1.165, 1.54) is 23.7 Å². The summed E-state index contributed by atoms with van der Waals surface area (Å²) in [6, 6.07) is 9.92. The molecule has 0 radical (unpaired) electrons. The minimum atomic E-state index is -4.57. The van der Waals surface area contributed by atoms with Crippen LogP contribution in [0.4, 0.5) is 24.1 Å². The normalized spacial score (nSPS) is 16.7. The molecule has 4 aromatic rings. The van der Waals surface area contributed by atoms with E-state index in [4.69, 9.17) is 10.5 Å². The van der Waals surface area contributed by atoms with Crippen molar-refractivity contribution in [2.75, 3.05) is 24.1 Å². The molecule has 0 spiro atoms. The summed E-state index contributed by atoms with van der Waals surface area (Å²) in [6.45, 7) is 5.71. The summed E-state index contributed by atoms with van der Waals surface area (Å²) in [6.07, 6.45) is -0.0895. The number of fused-ring (bicyclic) bond motifs is 1. The first-order chi connectivity index (χ1) is 18.2.